The highest BCUT2D eigenvalue weighted by Crippen LogP contribution is 2.43. The van der Waals surface area contributed by atoms with E-state index < -0.39 is 105 Å². The van der Waals surface area contributed by atoms with Gasteiger partial charge in [-0.1, -0.05) is 16.8 Å². The second-order valence-electron chi connectivity index (χ2n) is 13.3. The van der Waals surface area contributed by atoms with Crippen molar-refractivity contribution >= 4 is 58.4 Å². The SMILES string of the molecule is CCOC(=O)C(C)OC(=O)c1cc(Oc2ccc(C(F)(F)F)cc2Cl)ccc1[N+](=O)[O-].CS(=O)(=O)c1cc(C(F)(F)F)ccc1C(=O)c1cnoc1C1CC1.O=C(O)CNCP(=O)(O)O. The number of aromatic nitrogens is 1. The zero-order valence-electron chi connectivity index (χ0n) is 33.5. The summed E-state index contributed by atoms with van der Waals surface area (Å²) in [6.45, 7) is 2.37. The van der Waals surface area contributed by atoms with Crippen molar-refractivity contribution in [3.05, 3.63) is 110 Å². The highest BCUT2D eigenvalue weighted by atomic mass is 35.5. The first-order chi connectivity index (χ1) is 29.9. The molecule has 1 atom stereocenters. The number of ether oxygens (including phenoxy) is 3. The summed E-state index contributed by atoms with van der Waals surface area (Å²) in [5.41, 5.74) is -3.54. The van der Waals surface area contributed by atoms with Gasteiger partial charge in [0.25, 0.3) is 5.69 Å². The Morgan fingerprint density at radius 2 is 1.58 bits per heavy atom. The normalized spacial score (nSPS) is 13.2. The average molecular weight is 990 g/mol. The molecule has 0 saturated heterocycles. The largest absolute Gasteiger partial charge is 0.480 e. The third kappa shape index (κ3) is 16.2. The summed E-state index contributed by atoms with van der Waals surface area (Å²) in [6, 6.07) is 7.42. The smallest absolute Gasteiger partial charge is 0.416 e. The average Bonchev–Trinajstić information content (AvgIpc) is 3.92. The molecular formula is C37H35ClF6N3O16PS. The van der Waals surface area contributed by atoms with E-state index in [2.05, 4.69) is 10.5 Å². The van der Waals surface area contributed by atoms with Crippen molar-refractivity contribution < 1.29 is 97.1 Å². The van der Waals surface area contributed by atoms with Crippen molar-refractivity contribution in [2.24, 2.45) is 0 Å². The van der Waals surface area contributed by atoms with Gasteiger partial charge in [0.05, 0.1) is 57.2 Å². The highest BCUT2D eigenvalue weighted by Gasteiger charge is 2.37. The van der Waals surface area contributed by atoms with Crippen LogP contribution in [-0.2, 0) is 45.8 Å². The summed E-state index contributed by atoms with van der Waals surface area (Å²) in [4.78, 5) is 72.5. The second-order valence-corrected chi connectivity index (χ2v) is 17.3. The van der Waals surface area contributed by atoms with Crippen LogP contribution in [0, 0.1) is 10.1 Å². The number of esters is 2. The minimum Gasteiger partial charge on any atom is -0.480 e. The molecule has 19 nitrogen and oxygen atoms in total. The Balaban J connectivity index is 0.000000291. The molecule has 1 heterocycles. The maximum Gasteiger partial charge on any atom is 0.416 e. The van der Waals surface area contributed by atoms with Crippen LogP contribution >= 0.6 is 19.2 Å². The van der Waals surface area contributed by atoms with Crippen LogP contribution in [0.25, 0.3) is 0 Å². The Morgan fingerprint density at radius 1 is 0.985 bits per heavy atom. The van der Waals surface area contributed by atoms with Gasteiger partial charge in [0, 0.05) is 29.9 Å². The predicted molar refractivity (Wildman–Crippen MR) is 210 cm³/mol. The lowest BCUT2D eigenvalue weighted by molar-refractivity contribution is -0.385. The number of hydrogen-bond donors (Lipinski definition) is 4. The summed E-state index contributed by atoms with van der Waals surface area (Å²) in [6.07, 6.45) is -7.68. The second kappa shape index (κ2) is 21.8. The molecule has 65 heavy (non-hydrogen) atoms. The molecule has 0 aliphatic heterocycles. The number of alkyl halides is 6. The lowest BCUT2D eigenvalue weighted by atomic mass is 10.0. The minimum absolute atomic E-state index is 0.0398. The van der Waals surface area contributed by atoms with Gasteiger partial charge in [-0.05, 0) is 69.2 Å². The molecular weight excluding hydrogens is 955 g/mol. The number of nitro groups is 1. The van der Waals surface area contributed by atoms with Gasteiger partial charge in [-0.25, -0.2) is 18.0 Å². The van der Waals surface area contributed by atoms with E-state index >= 15 is 0 Å². The van der Waals surface area contributed by atoms with Crippen LogP contribution in [0.2, 0.25) is 5.02 Å². The molecule has 1 fully saturated rings. The van der Waals surface area contributed by atoms with Gasteiger partial charge in [0.15, 0.2) is 27.5 Å². The van der Waals surface area contributed by atoms with Gasteiger partial charge in [0.1, 0.15) is 17.1 Å². The number of rotatable bonds is 15. The van der Waals surface area contributed by atoms with Gasteiger partial charge in [-0.2, -0.15) is 26.3 Å². The molecule has 1 aliphatic rings. The number of ketones is 1. The molecule has 0 spiro atoms. The lowest BCUT2D eigenvalue weighted by Crippen LogP contribution is -2.26. The zero-order chi connectivity index (χ0) is 49.2. The summed E-state index contributed by atoms with van der Waals surface area (Å²) >= 11 is 5.83. The number of halogens is 7. The van der Waals surface area contributed by atoms with Crippen LogP contribution < -0.4 is 10.1 Å². The zero-order valence-corrected chi connectivity index (χ0v) is 36.0. The summed E-state index contributed by atoms with van der Waals surface area (Å²) in [7, 11) is -8.14. The number of nitrogens with zero attached hydrogens (tertiary/aromatic N) is 2. The molecule has 0 amide bonds. The van der Waals surface area contributed by atoms with Gasteiger partial charge >= 0.3 is 37.9 Å². The number of hydrogen-bond acceptors (Lipinski definition) is 15. The highest BCUT2D eigenvalue weighted by molar-refractivity contribution is 7.90. The van der Waals surface area contributed by atoms with E-state index in [9.17, 15) is 68.6 Å². The molecule has 354 valence electrons. The van der Waals surface area contributed by atoms with Crippen molar-refractivity contribution in [3.8, 4) is 11.5 Å². The van der Waals surface area contributed by atoms with E-state index in [1.807, 2.05) is 0 Å². The fourth-order valence-corrected chi connectivity index (χ4v) is 6.55. The summed E-state index contributed by atoms with van der Waals surface area (Å²) < 4.78 is 131. The summed E-state index contributed by atoms with van der Waals surface area (Å²) in [5, 5.41) is 24.5. The van der Waals surface area contributed by atoms with E-state index in [0.717, 1.165) is 55.5 Å². The third-order valence-corrected chi connectivity index (χ3v) is 10.2. The standard InChI is InChI=1S/C19H15ClF3NO7.C15H12F3NO4S.C3H8NO5P/c1-3-29-17(25)10(2)30-18(26)13-9-12(5-6-15(13)24(27)28)31-16-7-4-11(8-14(16)20)19(21,22)23;1-24(21,22)12-6-9(15(16,17)18)4-5-10(12)13(20)11-7-19-23-14(11)8-2-3-8;5-3(6)1-4-2-10(7,8)9/h4-10H,3H2,1-2H3;4-8H,2-3H2,1H3;4H,1-2H2,(H,5,6)(H2,7,8,9). The van der Waals surface area contributed by atoms with E-state index in [1.165, 1.54) is 13.1 Å². The van der Waals surface area contributed by atoms with Gasteiger partial charge in [0.2, 0.25) is 0 Å². The number of nitrogens with one attached hydrogen (secondary N) is 1. The van der Waals surface area contributed by atoms with Gasteiger partial charge in [-0.3, -0.25) is 29.6 Å². The van der Waals surface area contributed by atoms with E-state index in [-0.39, 0.29) is 40.2 Å². The number of nitro benzene ring substituents is 1. The molecule has 4 N–H and O–H groups in total. The minimum atomic E-state index is -4.71. The Kier molecular flexibility index (Phi) is 17.9. The van der Waals surface area contributed by atoms with Gasteiger partial charge in [-0.15, -0.1) is 0 Å². The van der Waals surface area contributed by atoms with E-state index in [0.29, 0.717) is 24.0 Å². The molecule has 3 aromatic carbocycles. The molecule has 1 aromatic heterocycles. The fraction of sp³-hybridized carbons (Fsp3) is 0.324. The number of carboxylic acids is 1. The molecule has 0 bridgehead atoms. The van der Waals surface area contributed by atoms with E-state index in [4.69, 9.17) is 45.2 Å². The topological polar surface area (TPSA) is 289 Å². The number of carboxylic acid groups (broad SMARTS) is 1. The molecule has 0 radical (unpaired) electrons. The Hall–Kier alpha value is -5.92. The van der Waals surface area contributed by atoms with Crippen LogP contribution in [0.1, 0.15) is 75.8 Å². The molecule has 5 rings (SSSR count). The molecule has 1 aliphatic carbocycles. The van der Waals surface area contributed by atoms with Crippen LogP contribution in [0.4, 0.5) is 32.0 Å². The Labute approximate surface area is 367 Å². The van der Waals surface area contributed by atoms with Crippen molar-refractivity contribution in [2.45, 2.75) is 56.0 Å². The number of carbonyl (C=O) groups excluding carboxylic acids is 3. The van der Waals surface area contributed by atoms with Crippen LogP contribution in [0.15, 0.2) is 70.2 Å². The van der Waals surface area contributed by atoms with Crippen molar-refractivity contribution in [2.75, 3.05) is 25.7 Å². The quantitative estimate of drug-likeness (QED) is 0.0229. The Bertz CT molecular complexity index is 2580. The first kappa shape index (κ1) is 53.4. The maximum absolute atomic E-state index is 12.8. The lowest BCUT2D eigenvalue weighted by Gasteiger charge is -2.13. The van der Waals surface area contributed by atoms with Crippen LogP contribution in [0.5, 0.6) is 11.5 Å². The van der Waals surface area contributed by atoms with Gasteiger partial charge < -0.3 is 33.6 Å². The van der Waals surface area contributed by atoms with Crippen molar-refractivity contribution in [1.29, 1.82) is 0 Å². The van der Waals surface area contributed by atoms with Crippen molar-refractivity contribution in [3.63, 3.8) is 0 Å². The first-order valence-corrected chi connectivity index (χ1v) is 22.1. The third-order valence-electron chi connectivity index (χ3n) is 8.11. The monoisotopic (exact) mass is 989 g/mol. The van der Waals surface area contributed by atoms with Crippen LogP contribution in [-0.4, -0.2) is 88.9 Å². The number of benzene rings is 3. The summed E-state index contributed by atoms with van der Waals surface area (Å²) in [5.74, 6) is -3.83. The molecule has 1 saturated carbocycles. The van der Waals surface area contributed by atoms with E-state index in [1.54, 1.807) is 6.92 Å². The first-order valence-electron chi connectivity index (χ1n) is 18.0. The van der Waals surface area contributed by atoms with Crippen molar-refractivity contribution in [1.82, 2.24) is 10.5 Å². The molecule has 4 aromatic rings. The number of aliphatic carboxylic acids is 1. The Morgan fingerprint density at radius 3 is 2.09 bits per heavy atom. The molecule has 28 heteroatoms. The molecule has 1 unspecified atom stereocenters. The fourth-order valence-electron chi connectivity index (χ4n) is 5.03. The van der Waals surface area contributed by atoms with Crippen LogP contribution in [0.3, 0.4) is 0 Å². The predicted octanol–water partition coefficient (Wildman–Crippen LogP) is 7.17. The number of sulfone groups is 1. The maximum atomic E-state index is 12.8. The number of carbonyl (C=O) groups is 4.